The molecule has 1 aliphatic heterocycles. The van der Waals surface area contributed by atoms with Crippen molar-refractivity contribution in [2.24, 2.45) is 0 Å². The van der Waals surface area contributed by atoms with Crippen molar-refractivity contribution < 1.29 is 13.9 Å². The Morgan fingerprint density at radius 2 is 2.23 bits per heavy atom. The molecule has 0 saturated carbocycles. The highest BCUT2D eigenvalue weighted by atomic mass is 32.1. The summed E-state index contributed by atoms with van der Waals surface area (Å²) in [5.74, 6) is 0.643. The standard InChI is InChI=1S/C18H23N3O3S2/c1-13-12-26-16(17(22)23-2)15(13)19-18(25)21-7-4-6-20(8-9-21)11-14-5-3-10-24-14/h3,5,10,12H,4,6-9,11H2,1-2H3,(H,19,25). The van der Waals surface area contributed by atoms with E-state index in [9.17, 15) is 4.79 Å². The first-order valence-corrected chi connectivity index (χ1v) is 9.84. The van der Waals surface area contributed by atoms with Crippen molar-refractivity contribution in [2.45, 2.75) is 19.9 Å². The summed E-state index contributed by atoms with van der Waals surface area (Å²) in [6.07, 6.45) is 2.73. The second kappa shape index (κ2) is 8.66. The van der Waals surface area contributed by atoms with Crippen molar-refractivity contribution in [3.05, 3.63) is 40.0 Å². The molecule has 0 aliphatic carbocycles. The quantitative estimate of drug-likeness (QED) is 0.631. The SMILES string of the molecule is COC(=O)c1scc(C)c1NC(=S)N1CCCN(Cc2ccco2)CC1. The van der Waals surface area contributed by atoms with E-state index in [4.69, 9.17) is 21.4 Å². The Kier molecular flexibility index (Phi) is 6.29. The van der Waals surface area contributed by atoms with Gasteiger partial charge in [-0.05, 0) is 48.6 Å². The van der Waals surface area contributed by atoms with Crippen molar-refractivity contribution >= 4 is 40.3 Å². The summed E-state index contributed by atoms with van der Waals surface area (Å²) in [7, 11) is 1.39. The van der Waals surface area contributed by atoms with Crippen LogP contribution in [0.25, 0.3) is 0 Å². The Labute approximate surface area is 162 Å². The van der Waals surface area contributed by atoms with Crippen LogP contribution in [0, 0.1) is 6.92 Å². The molecule has 3 heterocycles. The molecule has 1 aliphatic rings. The van der Waals surface area contributed by atoms with Crippen molar-refractivity contribution in [3.8, 4) is 0 Å². The van der Waals surface area contributed by atoms with Gasteiger partial charge in [0.1, 0.15) is 10.6 Å². The van der Waals surface area contributed by atoms with Gasteiger partial charge in [-0.25, -0.2) is 4.79 Å². The van der Waals surface area contributed by atoms with Gasteiger partial charge in [0.05, 0.1) is 25.6 Å². The molecule has 1 saturated heterocycles. The molecule has 140 valence electrons. The molecule has 0 radical (unpaired) electrons. The monoisotopic (exact) mass is 393 g/mol. The zero-order chi connectivity index (χ0) is 18.5. The fourth-order valence-electron chi connectivity index (χ4n) is 2.98. The number of rotatable bonds is 4. The summed E-state index contributed by atoms with van der Waals surface area (Å²) < 4.78 is 10.3. The minimum Gasteiger partial charge on any atom is -0.468 e. The molecule has 2 aromatic heterocycles. The smallest absolute Gasteiger partial charge is 0.350 e. The lowest BCUT2D eigenvalue weighted by Gasteiger charge is -2.24. The summed E-state index contributed by atoms with van der Waals surface area (Å²) in [6.45, 7) is 6.42. The number of furan rings is 1. The van der Waals surface area contributed by atoms with Gasteiger partial charge in [0.2, 0.25) is 0 Å². The van der Waals surface area contributed by atoms with Gasteiger partial charge in [0, 0.05) is 26.2 Å². The van der Waals surface area contributed by atoms with Crippen LogP contribution in [0.3, 0.4) is 0 Å². The number of thiophene rings is 1. The first-order chi connectivity index (χ1) is 12.6. The van der Waals surface area contributed by atoms with E-state index in [0.717, 1.165) is 56.2 Å². The summed E-state index contributed by atoms with van der Waals surface area (Å²) in [4.78, 5) is 17.0. The number of carbonyl (C=O) groups is 1. The van der Waals surface area contributed by atoms with Gasteiger partial charge in [-0.1, -0.05) is 0 Å². The summed E-state index contributed by atoms with van der Waals surface area (Å²) >= 11 is 6.98. The van der Waals surface area contributed by atoms with E-state index in [1.165, 1.54) is 18.4 Å². The maximum absolute atomic E-state index is 11.9. The van der Waals surface area contributed by atoms with Crippen molar-refractivity contribution in [2.75, 3.05) is 38.6 Å². The number of hydrogen-bond acceptors (Lipinski definition) is 6. The lowest BCUT2D eigenvalue weighted by molar-refractivity contribution is 0.0607. The Balaban J connectivity index is 1.60. The molecule has 0 aromatic carbocycles. The van der Waals surface area contributed by atoms with Gasteiger partial charge >= 0.3 is 5.97 Å². The average Bonchev–Trinajstić information content (AvgIpc) is 3.20. The van der Waals surface area contributed by atoms with Gasteiger partial charge in [-0.15, -0.1) is 11.3 Å². The van der Waals surface area contributed by atoms with Gasteiger partial charge < -0.3 is 19.4 Å². The van der Waals surface area contributed by atoms with E-state index in [2.05, 4.69) is 15.1 Å². The fourth-order valence-corrected chi connectivity index (χ4v) is 4.19. The fraction of sp³-hybridized carbons (Fsp3) is 0.444. The van der Waals surface area contributed by atoms with E-state index in [1.807, 2.05) is 24.4 Å². The number of anilines is 1. The Bertz CT molecular complexity index is 758. The second-order valence-corrected chi connectivity index (χ2v) is 7.51. The maximum Gasteiger partial charge on any atom is 0.350 e. The number of esters is 1. The average molecular weight is 394 g/mol. The number of hydrogen-bond donors (Lipinski definition) is 1. The van der Waals surface area contributed by atoms with E-state index >= 15 is 0 Å². The number of aryl methyl sites for hydroxylation is 1. The summed E-state index contributed by atoms with van der Waals surface area (Å²) in [5.41, 5.74) is 1.75. The van der Waals surface area contributed by atoms with Crippen molar-refractivity contribution in [3.63, 3.8) is 0 Å². The number of carbonyl (C=O) groups excluding carboxylic acids is 1. The van der Waals surface area contributed by atoms with Crippen LogP contribution in [0.1, 0.15) is 27.4 Å². The highest BCUT2D eigenvalue weighted by Gasteiger charge is 2.21. The van der Waals surface area contributed by atoms with Crippen LogP contribution in [0.2, 0.25) is 0 Å². The zero-order valence-electron chi connectivity index (χ0n) is 15.0. The number of thiocarbonyl (C=S) groups is 1. The minimum absolute atomic E-state index is 0.339. The van der Waals surface area contributed by atoms with Crippen LogP contribution in [-0.4, -0.2) is 54.2 Å². The van der Waals surface area contributed by atoms with E-state index in [1.54, 1.807) is 6.26 Å². The molecule has 3 rings (SSSR count). The topological polar surface area (TPSA) is 58.0 Å². The Morgan fingerprint density at radius 1 is 1.38 bits per heavy atom. The third kappa shape index (κ3) is 4.44. The second-order valence-electron chi connectivity index (χ2n) is 6.24. The summed E-state index contributed by atoms with van der Waals surface area (Å²) in [6, 6.07) is 3.92. The lowest BCUT2D eigenvalue weighted by atomic mass is 10.2. The molecule has 1 N–H and O–H groups in total. The molecular formula is C18H23N3O3S2. The minimum atomic E-state index is -0.339. The van der Waals surface area contributed by atoms with Gasteiger partial charge in [-0.2, -0.15) is 0 Å². The zero-order valence-corrected chi connectivity index (χ0v) is 16.6. The van der Waals surface area contributed by atoms with E-state index in [-0.39, 0.29) is 5.97 Å². The van der Waals surface area contributed by atoms with Gasteiger partial charge in [0.25, 0.3) is 0 Å². The summed E-state index contributed by atoms with van der Waals surface area (Å²) in [5, 5.41) is 5.85. The highest BCUT2D eigenvalue weighted by Crippen LogP contribution is 2.28. The van der Waals surface area contributed by atoms with Crippen LogP contribution in [0.5, 0.6) is 0 Å². The predicted octanol–water partition coefficient (Wildman–Crippen LogP) is 3.34. The van der Waals surface area contributed by atoms with E-state index < -0.39 is 0 Å². The highest BCUT2D eigenvalue weighted by molar-refractivity contribution is 7.80. The molecular weight excluding hydrogens is 370 g/mol. The molecule has 0 atom stereocenters. The van der Waals surface area contributed by atoms with Crippen LogP contribution < -0.4 is 5.32 Å². The van der Waals surface area contributed by atoms with Gasteiger partial charge in [0.15, 0.2) is 5.11 Å². The number of ether oxygens (including phenoxy) is 1. The molecule has 2 aromatic rings. The molecule has 0 spiro atoms. The van der Waals surface area contributed by atoms with Crippen molar-refractivity contribution in [1.82, 2.24) is 9.80 Å². The largest absolute Gasteiger partial charge is 0.468 e. The predicted molar refractivity (Wildman–Crippen MR) is 107 cm³/mol. The Hall–Kier alpha value is -1.90. The van der Waals surface area contributed by atoms with Crippen LogP contribution >= 0.6 is 23.6 Å². The van der Waals surface area contributed by atoms with Crippen LogP contribution in [0.4, 0.5) is 5.69 Å². The molecule has 6 nitrogen and oxygen atoms in total. The third-order valence-corrected chi connectivity index (χ3v) is 5.85. The molecule has 0 bridgehead atoms. The molecule has 26 heavy (non-hydrogen) atoms. The molecule has 8 heteroatoms. The first kappa shape index (κ1) is 18.9. The van der Waals surface area contributed by atoms with Crippen LogP contribution in [0.15, 0.2) is 28.2 Å². The van der Waals surface area contributed by atoms with Crippen LogP contribution in [-0.2, 0) is 11.3 Å². The lowest BCUT2D eigenvalue weighted by Crippen LogP contribution is -2.38. The first-order valence-electron chi connectivity index (χ1n) is 8.55. The maximum atomic E-state index is 11.9. The Morgan fingerprint density at radius 3 is 2.96 bits per heavy atom. The molecule has 1 fully saturated rings. The normalized spacial score (nSPS) is 15.5. The van der Waals surface area contributed by atoms with E-state index in [0.29, 0.717) is 9.99 Å². The number of nitrogens with zero attached hydrogens (tertiary/aromatic N) is 2. The third-order valence-electron chi connectivity index (χ3n) is 4.41. The van der Waals surface area contributed by atoms with Gasteiger partial charge in [-0.3, -0.25) is 4.90 Å². The number of nitrogens with one attached hydrogen (secondary N) is 1. The van der Waals surface area contributed by atoms with Crippen molar-refractivity contribution in [1.29, 1.82) is 0 Å². The number of methoxy groups -OCH3 is 1. The molecule has 0 amide bonds. The molecule has 0 unspecified atom stereocenters.